The Labute approximate surface area is 183 Å². The third-order valence-electron chi connectivity index (χ3n) is 4.19. The highest BCUT2D eigenvalue weighted by Gasteiger charge is 2.09. The van der Waals surface area contributed by atoms with Gasteiger partial charge in [0.1, 0.15) is 23.9 Å². The van der Waals surface area contributed by atoms with Crippen molar-refractivity contribution in [3.05, 3.63) is 87.9 Å². The van der Waals surface area contributed by atoms with E-state index in [0.29, 0.717) is 23.7 Å². The Morgan fingerprint density at radius 3 is 2.17 bits per heavy atom. The van der Waals surface area contributed by atoms with Gasteiger partial charge in [-0.25, -0.2) is 5.43 Å². The first kappa shape index (κ1) is 21.4. The predicted octanol–water partition coefficient (Wildman–Crippen LogP) is 4.81. The average Bonchev–Trinajstić information content (AvgIpc) is 2.79. The fourth-order valence-electron chi connectivity index (χ4n) is 2.57. The lowest BCUT2D eigenvalue weighted by atomic mass is 10.2. The minimum absolute atomic E-state index is 0.363. The second-order valence-corrected chi connectivity index (χ2v) is 7.20. The highest BCUT2D eigenvalue weighted by Crippen LogP contribution is 2.22. The van der Waals surface area contributed by atoms with Crippen LogP contribution in [-0.4, -0.2) is 26.3 Å². The Balaban J connectivity index is 1.55. The van der Waals surface area contributed by atoms with E-state index in [2.05, 4.69) is 26.5 Å². The molecule has 3 aromatic rings. The second-order valence-electron chi connectivity index (χ2n) is 6.28. The van der Waals surface area contributed by atoms with Gasteiger partial charge in [0.25, 0.3) is 5.91 Å². The number of hydrogen-bond donors (Lipinski definition) is 1. The summed E-state index contributed by atoms with van der Waals surface area (Å²) in [5.74, 6) is 1.45. The third kappa shape index (κ3) is 6.09. The lowest BCUT2D eigenvalue weighted by Crippen LogP contribution is -2.17. The Morgan fingerprint density at radius 1 is 0.933 bits per heavy atom. The molecular formula is C23H21BrN2O4. The van der Waals surface area contributed by atoms with Crippen molar-refractivity contribution in [2.75, 3.05) is 14.2 Å². The minimum Gasteiger partial charge on any atom is -0.497 e. The number of nitrogens with zero attached hydrogens (tertiary/aromatic N) is 1. The summed E-state index contributed by atoms with van der Waals surface area (Å²) < 4.78 is 17.2. The molecule has 3 rings (SSSR count). The molecule has 0 aromatic heterocycles. The zero-order chi connectivity index (χ0) is 21.3. The summed E-state index contributed by atoms with van der Waals surface area (Å²) in [5, 5.41) is 4.01. The van der Waals surface area contributed by atoms with Crippen molar-refractivity contribution >= 4 is 28.1 Å². The van der Waals surface area contributed by atoms with E-state index in [1.807, 2.05) is 48.5 Å². The number of rotatable bonds is 8. The molecule has 0 fully saturated rings. The SMILES string of the molecule is COc1cc(OC)cc(C(=O)N/N=C\c2ccc(OCc3ccc(Br)cc3)cc2)c1. The fourth-order valence-corrected chi connectivity index (χ4v) is 2.83. The van der Waals surface area contributed by atoms with Crippen molar-refractivity contribution in [1.29, 1.82) is 0 Å². The van der Waals surface area contributed by atoms with E-state index >= 15 is 0 Å². The molecule has 7 heteroatoms. The molecule has 0 atom stereocenters. The maximum Gasteiger partial charge on any atom is 0.271 e. The van der Waals surface area contributed by atoms with Gasteiger partial charge in [0, 0.05) is 16.1 Å². The average molecular weight is 469 g/mol. The summed E-state index contributed by atoms with van der Waals surface area (Å²) in [4.78, 5) is 12.3. The number of nitrogens with one attached hydrogen (secondary N) is 1. The summed E-state index contributed by atoms with van der Waals surface area (Å²) in [7, 11) is 3.06. The van der Waals surface area contributed by atoms with E-state index < -0.39 is 0 Å². The predicted molar refractivity (Wildman–Crippen MR) is 120 cm³/mol. The lowest BCUT2D eigenvalue weighted by Gasteiger charge is -2.07. The summed E-state index contributed by atoms with van der Waals surface area (Å²) in [6.07, 6.45) is 1.56. The number of amides is 1. The molecule has 0 aliphatic carbocycles. The van der Waals surface area contributed by atoms with Crippen LogP contribution in [0.4, 0.5) is 0 Å². The molecule has 0 aliphatic heterocycles. The van der Waals surface area contributed by atoms with Crippen molar-refractivity contribution in [2.45, 2.75) is 6.61 Å². The number of carbonyl (C=O) groups excluding carboxylic acids is 1. The summed E-state index contributed by atoms with van der Waals surface area (Å²) >= 11 is 3.41. The standard InChI is InChI=1S/C23H21BrN2O4/c1-28-21-11-18(12-22(13-21)29-2)23(27)26-25-14-16-5-9-20(10-6-16)30-15-17-3-7-19(24)8-4-17/h3-14H,15H2,1-2H3,(H,26,27)/b25-14-. The molecule has 0 heterocycles. The van der Waals surface area contributed by atoms with E-state index in [-0.39, 0.29) is 5.91 Å². The van der Waals surface area contributed by atoms with Gasteiger partial charge in [-0.1, -0.05) is 28.1 Å². The highest BCUT2D eigenvalue weighted by molar-refractivity contribution is 9.10. The van der Waals surface area contributed by atoms with Gasteiger partial charge in [0.2, 0.25) is 0 Å². The molecule has 6 nitrogen and oxygen atoms in total. The molecule has 0 aliphatic rings. The Hall–Kier alpha value is -3.32. The molecule has 0 saturated heterocycles. The van der Waals surface area contributed by atoms with Gasteiger partial charge in [-0.3, -0.25) is 4.79 Å². The molecular weight excluding hydrogens is 448 g/mol. The largest absolute Gasteiger partial charge is 0.497 e. The first-order valence-electron chi connectivity index (χ1n) is 9.11. The Kier molecular flexibility index (Phi) is 7.45. The zero-order valence-corrected chi connectivity index (χ0v) is 18.2. The minimum atomic E-state index is -0.363. The van der Waals surface area contributed by atoms with Crippen LogP contribution in [0.5, 0.6) is 17.2 Å². The molecule has 0 bridgehead atoms. The number of hydrogen-bond acceptors (Lipinski definition) is 5. The topological polar surface area (TPSA) is 69.2 Å². The fraction of sp³-hybridized carbons (Fsp3) is 0.130. The first-order chi connectivity index (χ1) is 14.6. The van der Waals surface area contributed by atoms with Crippen LogP contribution in [0, 0.1) is 0 Å². The van der Waals surface area contributed by atoms with Crippen LogP contribution >= 0.6 is 15.9 Å². The highest BCUT2D eigenvalue weighted by atomic mass is 79.9. The van der Waals surface area contributed by atoms with E-state index in [1.165, 1.54) is 14.2 Å². The van der Waals surface area contributed by atoms with E-state index in [1.54, 1.807) is 24.4 Å². The van der Waals surface area contributed by atoms with Gasteiger partial charge >= 0.3 is 0 Å². The van der Waals surface area contributed by atoms with Crippen LogP contribution < -0.4 is 19.6 Å². The Bertz CT molecular complexity index is 996. The van der Waals surface area contributed by atoms with E-state index in [0.717, 1.165) is 21.3 Å². The smallest absolute Gasteiger partial charge is 0.271 e. The summed E-state index contributed by atoms with van der Waals surface area (Å²) in [6, 6.07) is 20.3. The number of carbonyl (C=O) groups is 1. The number of ether oxygens (including phenoxy) is 3. The van der Waals surface area contributed by atoms with Crippen LogP contribution in [0.15, 0.2) is 76.3 Å². The first-order valence-corrected chi connectivity index (χ1v) is 9.90. The van der Waals surface area contributed by atoms with Crippen LogP contribution in [0.1, 0.15) is 21.5 Å². The summed E-state index contributed by atoms with van der Waals surface area (Å²) in [5.41, 5.74) is 4.80. The summed E-state index contributed by atoms with van der Waals surface area (Å²) in [6.45, 7) is 0.487. The number of methoxy groups -OCH3 is 2. The zero-order valence-electron chi connectivity index (χ0n) is 16.6. The molecule has 154 valence electrons. The maximum absolute atomic E-state index is 12.3. The van der Waals surface area contributed by atoms with E-state index in [9.17, 15) is 4.79 Å². The number of benzene rings is 3. The van der Waals surface area contributed by atoms with Gasteiger partial charge < -0.3 is 14.2 Å². The second kappa shape index (κ2) is 10.5. The van der Waals surface area contributed by atoms with Crippen molar-refractivity contribution in [3.8, 4) is 17.2 Å². The van der Waals surface area contributed by atoms with Gasteiger partial charge in [-0.15, -0.1) is 0 Å². The normalized spacial score (nSPS) is 10.6. The maximum atomic E-state index is 12.3. The van der Waals surface area contributed by atoms with Crippen molar-refractivity contribution in [2.24, 2.45) is 5.10 Å². The van der Waals surface area contributed by atoms with E-state index in [4.69, 9.17) is 14.2 Å². The Morgan fingerprint density at radius 2 is 1.57 bits per heavy atom. The van der Waals surface area contributed by atoms with Crippen molar-refractivity contribution in [3.63, 3.8) is 0 Å². The number of hydrazone groups is 1. The molecule has 0 saturated carbocycles. The molecule has 3 aromatic carbocycles. The monoisotopic (exact) mass is 468 g/mol. The molecule has 30 heavy (non-hydrogen) atoms. The van der Waals surface area contributed by atoms with Gasteiger partial charge in [0.15, 0.2) is 0 Å². The molecule has 1 amide bonds. The van der Waals surface area contributed by atoms with Gasteiger partial charge in [-0.05, 0) is 59.7 Å². The van der Waals surface area contributed by atoms with Crippen LogP contribution in [0.3, 0.4) is 0 Å². The van der Waals surface area contributed by atoms with Crippen molar-refractivity contribution in [1.82, 2.24) is 5.43 Å². The lowest BCUT2D eigenvalue weighted by molar-refractivity contribution is 0.0954. The molecule has 0 radical (unpaired) electrons. The van der Waals surface area contributed by atoms with Crippen LogP contribution in [-0.2, 0) is 6.61 Å². The molecule has 1 N–H and O–H groups in total. The third-order valence-corrected chi connectivity index (χ3v) is 4.72. The van der Waals surface area contributed by atoms with Crippen LogP contribution in [0.25, 0.3) is 0 Å². The van der Waals surface area contributed by atoms with Crippen molar-refractivity contribution < 1.29 is 19.0 Å². The number of halogens is 1. The quantitative estimate of drug-likeness (QED) is 0.380. The van der Waals surface area contributed by atoms with Crippen LogP contribution in [0.2, 0.25) is 0 Å². The van der Waals surface area contributed by atoms with Gasteiger partial charge in [0.05, 0.1) is 20.4 Å². The molecule has 0 spiro atoms. The van der Waals surface area contributed by atoms with Gasteiger partial charge in [-0.2, -0.15) is 5.10 Å². The molecule has 0 unspecified atom stereocenters.